The van der Waals surface area contributed by atoms with Crippen LogP contribution in [0.3, 0.4) is 0 Å². The van der Waals surface area contributed by atoms with E-state index in [2.05, 4.69) is 19.8 Å². The maximum absolute atomic E-state index is 12.5. The lowest BCUT2D eigenvalue weighted by Gasteiger charge is -2.35. The summed E-state index contributed by atoms with van der Waals surface area (Å²) >= 11 is 0. The Bertz CT molecular complexity index is 1140. The first-order chi connectivity index (χ1) is 16.5. The highest BCUT2D eigenvalue weighted by Gasteiger charge is 2.25. The fourth-order valence-electron chi connectivity index (χ4n) is 3.98. The topological polar surface area (TPSA) is 102 Å². The number of carbonyl (C=O) groups is 2. The van der Waals surface area contributed by atoms with E-state index < -0.39 is 12.0 Å². The zero-order valence-electron chi connectivity index (χ0n) is 19.7. The van der Waals surface area contributed by atoms with Crippen molar-refractivity contribution in [3.8, 4) is 11.4 Å². The minimum Gasteiger partial charge on any atom is -0.497 e. The van der Waals surface area contributed by atoms with Crippen LogP contribution in [0.5, 0.6) is 5.75 Å². The Balaban J connectivity index is 1.44. The number of pyridine rings is 1. The van der Waals surface area contributed by atoms with Gasteiger partial charge in [-0.3, -0.25) is 9.47 Å². The number of benzene rings is 1. The van der Waals surface area contributed by atoms with Gasteiger partial charge in [-0.1, -0.05) is 0 Å². The third kappa shape index (κ3) is 5.12. The number of esters is 1. The van der Waals surface area contributed by atoms with E-state index in [-0.39, 0.29) is 12.6 Å². The minimum absolute atomic E-state index is 0.255. The summed E-state index contributed by atoms with van der Waals surface area (Å²) in [7, 11) is 1.64. The summed E-state index contributed by atoms with van der Waals surface area (Å²) in [6.07, 6.45) is 1.77. The number of hydrogen-bond donors (Lipinski definition) is 1. The third-order valence-corrected chi connectivity index (χ3v) is 5.82. The number of imidazole rings is 1. The fraction of sp³-hybridized carbons (Fsp3) is 0.417. The summed E-state index contributed by atoms with van der Waals surface area (Å²) in [6.45, 7) is 6.78. The van der Waals surface area contributed by atoms with Crippen molar-refractivity contribution in [2.24, 2.45) is 0 Å². The van der Waals surface area contributed by atoms with Crippen LogP contribution in [0.1, 0.15) is 19.7 Å². The number of methoxy groups -OCH3 is 1. The molecule has 1 N–H and O–H groups in total. The van der Waals surface area contributed by atoms with E-state index in [0.717, 1.165) is 28.4 Å². The van der Waals surface area contributed by atoms with Crippen molar-refractivity contribution >= 4 is 23.2 Å². The number of urea groups is 1. The first-order valence-electron chi connectivity index (χ1n) is 11.4. The van der Waals surface area contributed by atoms with Crippen LogP contribution in [0.15, 0.2) is 42.6 Å². The lowest BCUT2D eigenvalue weighted by Crippen LogP contribution is -2.54. The molecule has 0 spiro atoms. The van der Waals surface area contributed by atoms with E-state index in [1.165, 1.54) is 0 Å². The number of carbonyl (C=O) groups excluding carboxylic acids is 2. The minimum atomic E-state index is -0.678. The van der Waals surface area contributed by atoms with Crippen molar-refractivity contribution in [2.75, 3.05) is 39.9 Å². The molecular formula is C24H30N6O4. The van der Waals surface area contributed by atoms with E-state index in [4.69, 9.17) is 14.5 Å². The van der Waals surface area contributed by atoms with Crippen molar-refractivity contribution in [3.05, 3.63) is 48.4 Å². The molecule has 0 bridgehead atoms. The number of amides is 2. The Morgan fingerprint density at radius 3 is 2.53 bits per heavy atom. The molecule has 1 aliphatic rings. The molecule has 0 saturated carbocycles. The highest BCUT2D eigenvalue weighted by Crippen LogP contribution is 2.23. The predicted octanol–water partition coefficient (Wildman–Crippen LogP) is 2.21. The number of rotatable bonds is 7. The smallest absolute Gasteiger partial charge is 0.328 e. The number of piperazine rings is 1. The fourth-order valence-corrected chi connectivity index (χ4v) is 3.98. The Kier molecular flexibility index (Phi) is 7.27. The molecule has 180 valence electrons. The first-order valence-corrected chi connectivity index (χ1v) is 11.4. The molecule has 3 heterocycles. The molecule has 0 radical (unpaired) electrons. The summed E-state index contributed by atoms with van der Waals surface area (Å²) in [5.74, 6) is 1.24. The molecule has 34 heavy (non-hydrogen) atoms. The molecule has 0 unspecified atom stereocenters. The largest absolute Gasteiger partial charge is 0.497 e. The van der Waals surface area contributed by atoms with Crippen LogP contribution < -0.4 is 10.1 Å². The van der Waals surface area contributed by atoms with Gasteiger partial charge in [0.05, 0.1) is 20.3 Å². The quantitative estimate of drug-likeness (QED) is 0.533. The van der Waals surface area contributed by atoms with Crippen LogP contribution >= 0.6 is 0 Å². The average Bonchev–Trinajstić information content (AvgIpc) is 3.22. The van der Waals surface area contributed by atoms with E-state index in [9.17, 15) is 9.59 Å². The molecule has 10 heteroatoms. The standard InChI is InChI=1S/C24H30N6O4/c1-4-34-23(31)17(2)26-24(32)29-14-12-28(13-15-29)16-21-27-20-6-5-11-25-22(20)30(21)18-7-9-19(33-3)10-8-18/h5-11,17H,4,12-16H2,1-3H3,(H,26,32)/t17-/m0/s1. The summed E-state index contributed by atoms with van der Waals surface area (Å²) in [5, 5.41) is 2.72. The van der Waals surface area contributed by atoms with Crippen molar-refractivity contribution < 1.29 is 19.1 Å². The van der Waals surface area contributed by atoms with Gasteiger partial charge in [0.25, 0.3) is 0 Å². The predicted molar refractivity (Wildman–Crippen MR) is 127 cm³/mol. The first kappa shape index (κ1) is 23.5. The van der Waals surface area contributed by atoms with Gasteiger partial charge >= 0.3 is 12.0 Å². The molecule has 1 aromatic carbocycles. The second-order valence-corrected chi connectivity index (χ2v) is 8.09. The molecule has 1 saturated heterocycles. The second-order valence-electron chi connectivity index (χ2n) is 8.09. The van der Waals surface area contributed by atoms with Crippen LogP contribution in [0, 0.1) is 0 Å². The molecule has 3 aromatic rings. The van der Waals surface area contributed by atoms with Crippen LogP contribution in [0.25, 0.3) is 16.9 Å². The van der Waals surface area contributed by atoms with Gasteiger partial charge in [0.1, 0.15) is 23.1 Å². The zero-order chi connectivity index (χ0) is 24.1. The highest BCUT2D eigenvalue weighted by molar-refractivity contribution is 5.83. The Morgan fingerprint density at radius 1 is 1.12 bits per heavy atom. The normalized spacial score (nSPS) is 15.2. The zero-order valence-corrected chi connectivity index (χ0v) is 19.7. The van der Waals surface area contributed by atoms with Crippen molar-refractivity contribution in [3.63, 3.8) is 0 Å². The van der Waals surface area contributed by atoms with Gasteiger partial charge in [0.2, 0.25) is 0 Å². The van der Waals surface area contributed by atoms with E-state index in [1.807, 2.05) is 36.4 Å². The van der Waals surface area contributed by atoms with E-state index in [1.54, 1.807) is 32.1 Å². The Morgan fingerprint density at radius 2 is 1.85 bits per heavy atom. The SMILES string of the molecule is CCOC(=O)[C@H](C)NC(=O)N1CCN(Cc2nc3cccnc3n2-c2ccc(OC)cc2)CC1. The molecule has 2 aromatic heterocycles. The van der Waals surface area contributed by atoms with Crippen molar-refractivity contribution in [2.45, 2.75) is 26.4 Å². The molecule has 4 rings (SSSR count). The number of nitrogens with zero attached hydrogens (tertiary/aromatic N) is 5. The molecule has 1 aliphatic heterocycles. The van der Waals surface area contributed by atoms with Crippen LogP contribution in [-0.4, -0.2) is 82.3 Å². The highest BCUT2D eigenvalue weighted by atomic mass is 16.5. The second kappa shape index (κ2) is 10.5. The molecule has 1 fully saturated rings. The summed E-state index contributed by atoms with van der Waals surface area (Å²) < 4.78 is 12.3. The molecular weight excluding hydrogens is 436 g/mol. The monoisotopic (exact) mass is 466 g/mol. The van der Waals surface area contributed by atoms with Gasteiger partial charge in [0.15, 0.2) is 5.65 Å². The van der Waals surface area contributed by atoms with Gasteiger partial charge in [-0.2, -0.15) is 0 Å². The average molecular weight is 467 g/mol. The van der Waals surface area contributed by atoms with Gasteiger partial charge in [-0.25, -0.2) is 19.6 Å². The maximum atomic E-state index is 12.5. The van der Waals surface area contributed by atoms with Gasteiger partial charge in [0, 0.05) is 38.1 Å². The lowest BCUT2D eigenvalue weighted by atomic mass is 10.3. The van der Waals surface area contributed by atoms with Gasteiger partial charge in [-0.05, 0) is 50.2 Å². The number of ether oxygens (including phenoxy) is 2. The van der Waals surface area contributed by atoms with E-state index >= 15 is 0 Å². The number of hydrogen-bond acceptors (Lipinski definition) is 7. The van der Waals surface area contributed by atoms with Crippen molar-refractivity contribution in [1.82, 2.24) is 29.7 Å². The Hall–Kier alpha value is -3.66. The summed E-state index contributed by atoms with van der Waals surface area (Å²) in [4.78, 5) is 37.7. The summed E-state index contributed by atoms with van der Waals surface area (Å²) in [6, 6.07) is 10.7. The molecule has 2 amide bonds. The van der Waals surface area contributed by atoms with Crippen LogP contribution in [-0.2, 0) is 16.1 Å². The number of fused-ring (bicyclic) bond motifs is 1. The molecule has 1 atom stereocenters. The third-order valence-electron chi connectivity index (χ3n) is 5.82. The number of nitrogens with one attached hydrogen (secondary N) is 1. The van der Waals surface area contributed by atoms with Gasteiger partial charge in [-0.15, -0.1) is 0 Å². The molecule has 0 aliphatic carbocycles. The van der Waals surface area contributed by atoms with Crippen molar-refractivity contribution in [1.29, 1.82) is 0 Å². The van der Waals surface area contributed by atoms with Crippen LogP contribution in [0.4, 0.5) is 4.79 Å². The Labute approximate surface area is 198 Å². The van der Waals surface area contributed by atoms with Gasteiger partial charge < -0.3 is 19.7 Å². The molecule has 10 nitrogen and oxygen atoms in total. The van der Waals surface area contributed by atoms with E-state index in [0.29, 0.717) is 32.7 Å². The lowest BCUT2D eigenvalue weighted by molar-refractivity contribution is -0.144. The maximum Gasteiger partial charge on any atom is 0.328 e. The number of aromatic nitrogens is 3. The summed E-state index contributed by atoms with van der Waals surface area (Å²) in [5.41, 5.74) is 2.59. The van der Waals surface area contributed by atoms with Crippen LogP contribution in [0.2, 0.25) is 0 Å².